The molecule has 0 saturated carbocycles. The first-order chi connectivity index (χ1) is 7.76. The van der Waals surface area contributed by atoms with Crippen LogP contribution in [0.1, 0.15) is 37.3 Å². The normalized spacial score (nSPS) is 13.1. The van der Waals surface area contributed by atoms with Crippen LogP contribution in [0, 0.1) is 0 Å². The molecule has 0 aromatic carbocycles. The molecule has 90 valence electrons. The van der Waals surface area contributed by atoms with E-state index in [9.17, 15) is 0 Å². The first kappa shape index (κ1) is 13.0. The smallest absolute Gasteiger partial charge is 0.200 e. The van der Waals surface area contributed by atoms with E-state index in [1.165, 1.54) is 0 Å². The van der Waals surface area contributed by atoms with Gasteiger partial charge in [0.05, 0.1) is 0 Å². The van der Waals surface area contributed by atoms with E-state index in [2.05, 4.69) is 9.97 Å². The van der Waals surface area contributed by atoms with Gasteiger partial charge in [0.25, 0.3) is 0 Å². The van der Waals surface area contributed by atoms with Crippen LogP contribution in [0.25, 0.3) is 0 Å². The summed E-state index contributed by atoms with van der Waals surface area (Å²) in [6.07, 6.45) is 1.96. The molecule has 1 aromatic heterocycles. The lowest BCUT2D eigenvalue weighted by Crippen LogP contribution is -2.11. The van der Waals surface area contributed by atoms with Gasteiger partial charge in [-0.3, -0.25) is 0 Å². The second-order valence-electron chi connectivity index (χ2n) is 3.28. The van der Waals surface area contributed by atoms with Gasteiger partial charge in [-0.2, -0.15) is 0 Å². The summed E-state index contributed by atoms with van der Waals surface area (Å²) in [4.78, 5) is 8.56. The quantitative estimate of drug-likeness (QED) is 0.693. The molecule has 5 nitrogen and oxygen atoms in total. The van der Waals surface area contributed by atoms with Gasteiger partial charge in [-0.1, -0.05) is 6.92 Å². The Bertz CT molecular complexity index is 285. The molecular formula is C11H18N2O3. The third-order valence-electron chi connectivity index (χ3n) is 2.31. The molecule has 0 N–H and O–H groups in total. The van der Waals surface area contributed by atoms with Crippen molar-refractivity contribution in [1.29, 1.82) is 0 Å². The largest absolute Gasteiger partial charge is 0.373 e. The number of hydrogen-bond acceptors (Lipinski definition) is 5. The number of nitrogens with zero attached hydrogens (tertiary/aromatic N) is 2. The van der Waals surface area contributed by atoms with Crippen LogP contribution in [-0.4, -0.2) is 31.3 Å². The van der Waals surface area contributed by atoms with Gasteiger partial charge in [0.15, 0.2) is 5.82 Å². The molecule has 1 rings (SSSR count). The maximum atomic E-state index is 5.28. The number of aromatic nitrogens is 2. The molecule has 0 amide bonds. The van der Waals surface area contributed by atoms with Crippen LogP contribution in [-0.2, 0) is 14.2 Å². The summed E-state index contributed by atoms with van der Waals surface area (Å²) >= 11 is 0. The van der Waals surface area contributed by atoms with E-state index in [4.69, 9.17) is 14.2 Å². The van der Waals surface area contributed by atoms with E-state index in [-0.39, 0.29) is 6.10 Å². The summed E-state index contributed by atoms with van der Waals surface area (Å²) in [6, 6.07) is 1.77. The molecule has 0 fully saturated rings. The average molecular weight is 226 g/mol. The van der Waals surface area contributed by atoms with Crippen LogP contribution < -0.4 is 0 Å². The zero-order valence-corrected chi connectivity index (χ0v) is 10.1. The molecule has 0 saturated heterocycles. The van der Waals surface area contributed by atoms with E-state index in [1.54, 1.807) is 33.6 Å². The van der Waals surface area contributed by atoms with Crippen LogP contribution in [0.3, 0.4) is 0 Å². The molecule has 0 aliphatic rings. The van der Waals surface area contributed by atoms with Gasteiger partial charge in [-0.25, -0.2) is 9.97 Å². The third-order valence-corrected chi connectivity index (χ3v) is 2.31. The summed E-state index contributed by atoms with van der Waals surface area (Å²) in [5.41, 5.74) is 0.700. The van der Waals surface area contributed by atoms with Crippen LogP contribution >= 0.6 is 0 Å². The number of rotatable bonds is 6. The minimum absolute atomic E-state index is 0.0886. The highest BCUT2D eigenvalue weighted by molar-refractivity contribution is 5.05. The van der Waals surface area contributed by atoms with Gasteiger partial charge in [0, 0.05) is 27.5 Å². The monoisotopic (exact) mass is 226 g/mol. The molecule has 1 heterocycles. The highest BCUT2D eigenvalue weighted by atomic mass is 16.7. The van der Waals surface area contributed by atoms with Crippen molar-refractivity contribution in [2.24, 2.45) is 0 Å². The summed E-state index contributed by atoms with van der Waals surface area (Å²) in [7, 11) is 4.79. The van der Waals surface area contributed by atoms with E-state index in [1.807, 2.05) is 6.92 Å². The van der Waals surface area contributed by atoms with Crippen LogP contribution in [0.2, 0.25) is 0 Å². The molecular weight excluding hydrogens is 208 g/mol. The van der Waals surface area contributed by atoms with Gasteiger partial charge in [-0.15, -0.1) is 0 Å². The number of ether oxygens (including phenoxy) is 3. The Labute approximate surface area is 95.8 Å². The lowest BCUT2D eigenvalue weighted by molar-refractivity contribution is -0.109. The van der Waals surface area contributed by atoms with E-state index < -0.39 is 6.29 Å². The number of methoxy groups -OCH3 is 3. The Morgan fingerprint density at radius 1 is 1.19 bits per heavy atom. The van der Waals surface area contributed by atoms with Crippen molar-refractivity contribution in [3.05, 3.63) is 23.8 Å². The van der Waals surface area contributed by atoms with Gasteiger partial charge < -0.3 is 14.2 Å². The van der Waals surface area contributed by atoms with Crippen molar-refractivity contribution >= 4 is 0 Å². The molecule has 5 heteroatoms. The molecule has 1 unspecified atom stereocenters. The first-order valence-corrected chi connectivity index (χ1v) is 5.18. The molecule has 0 radical (unpaired) electrons. The van der Waals surface area contributed by atoms with Crippen LogP contribution in [0.5, 0.6) is 0 Å². The van der Waals surface area contributed by atoms with Gasteiger partial charge in [-0.05, 0) is 12.5 Å². The molecule has 0 spiro atoms. The van der Waals surface area contributed by atoms with Crippen molar-refractivity contribution in [2.75, 3.05) is 21.3 Å². The minimum Gasteiger partial charge on any atom is -0.373 e. The Morgan fingerprint density at radius 3 is 2.38 bits per heavy atom. The Kier molecular flexibility index (Phi) is 5.31. The molecule has 1 atom stereocenters. The van der Waals surface area contributed by atoms with Gasteiger partial charge in [0.2, 0.25) is 6.29 Å². The van der Waals surface area contributed by atoms with Gasteiger partial charge in [0.1, 0.15) is 11.8 Å². The van der Waals surface area contributed by atoms with Crippen molar-refractivity contribution < 1.29 is 14.2 Å². The third kappa shape index (κ3) is 2.98. The lowest BCUT2D eigenvalue weighted by atomic mass is 10.2. The van der Waals surface area contributed by atoms with Crippen molar-refractivity contribution in [3.8, 4) is 0 Å². The fraction of sp³-hybridized carbons (Fsp3) is 0.636. The summed E-state index contributed by atoms with van der Waals surface area (Å²) in [6.45, 7) is 2.02. The standard InChI is InChI=1S/C11H18N2O3/c1-5-9(14-2)10-12-7-6-8(13-10)11(15-3)16-4/h6-7,9,11H,5H2,1-4H3. The Balaban J connectivity index is 2.93. The van der Waals surface area contributed by atoms with Gasteiger partial charge >= 0.3 is 0 Å². The first-order valence-electron chi connectivity index (χ1n) is 5.18. The molecule has 16 heavy (non-hydrogen) atoms. The average Bonchev–Trinajstić information content (AvgIpc) is 2.33. The predicted molar refractivity (Wildman–Crippen MR) is 58.8 cm³/mol. The number of hydrogen-bond donors (Lipinski definition) is 0. The van der Waals surface area contributed by atoms with E-state index in [0.29, 0.717) is 11.5 Å². The fourth-order valence-corrected chi connectivity index (χ4v) is 1.47. The maximum Gasteiger partial charge on any atom is 0.200 e. The second-order valence-corrected chi connectivity index (χ2v) is 3.28. The molecule has 0 aliphatic carbocycles. The van der Waals surface area contributed by atoms with Crippen LogP contribution in [0.4, 0.5) is 0 Å². The summed E-state index contributed by atoms with van der Waals surface area (Å²) in [5, 5.41) is 0. The maximum absolute atomic E-state index is 5.28. The molecule has 0 bridgehead atoms. The molecule has 1 aromatic rings. The highest BCUT2D eigenvalue weighted by Gasteiger charge is 2.15. The van der Waals surface area contributed by atoms with E-state index >= 15 is 0 Å². The fourth-order valence-electron chi connectivity index (χ4n) is 1.47. The zero-order valence-electron chi connectivity index (χ0n) is 10.1. The van der Waals surface area contributed by atoms with Crippen molar-refractivity contribution in [2.45, 2.75) is 25.7 Å². The lowest BCUT2D eigenvalue weighted by Gasteiger charge is -2.15. The SMILES string of the molecule is CCC(OC)c1nccc(C(OC)OC)n1. The second kappa shape index (κ2) is 6.52. The van der Waals surface area contributed by atoms with Crippen molar-refractivity contribution in [3.63, 3.8) is 0 Å². The van der Waals surface area contributed by atoms with E-state index in [0.717, 1.165) is 6.42 Å². The minimum atomic E-state index is -0.462. The topological polar surface area (TPSA) is 53.5 Å². The summed E-state index contributed by atoms with van der Waals surface area (Å²) in [5.74, 6) is 0.654. The highest BCUT2D eigenvalue weighted by Crippen LogP contribution is 2.19. The predicted octanol–water partition coefficient (Wildman–Crippen LogP) is 1.87. The van der Waals surface area contributed by atoms with Crippen molar-refractivity contribution in [1.82, 2.24) is 9.97 Å². The Morgan fingerprint density at radius 2 is 1.88 bits per heavy atom. The van der Waals surface area contributed by atoms with Crippen LogP contribution in [0.15, 0.2) is 12.3 Å². The molecule has 0 aliphatic heterocycles. The Hall–Kier alpha value is -1.04. The zero-order chi connectivity index (χ0) is 12.0. The summed E-state index contributed by atoms with van der Waals surface area (Å²) < 4.78 is 15.5.